The molecule has 1 amide bonds. The highest BCUT2D eigenvalue weighted by atomic mass is 35.5. The number of carbonyl (C=O) groups is 1. The zero-order valence-corrected chi connectivity index (χ0v) is 13.6. The van der Waals surface area contributed by atoms with Crippen LogP contribution in [0.2, 0.25) is 0 Å². The molecule has 0 saturated carbocycles. The number of amides is 1. The molecule has 0 aliphatic heterocycles. The summed E-state index contributed by atoms with van der Waals surface area (Å²) in [6, 6.07) is 10.1. The summed E-state index contributed by atoms with van der Waals surface area (Å²) in [5.41, 5.74) is 2.17. The Kier molecular flexibility index (Phi) is 7.97. The van der Waals surface area contributed by atoms with Crippen LogP contribution in [0.4, 0.5) is 0 Å². The molecule has 21 heavy (non-hydrogen) atoms. The molecule has 4 nitrogen and oxygen atoms in total. The van der Waals surface area contributed by atoms with Gasteiger partial charge in [0, 0.05) is 36.9 Å². The van der Waals surface area contributed by atoms with E-state index in [1.54, 1.807) is 11.3 Å². The average Bonchev–Trinajstić information content (AvgIpc) is 2.95. The van der Waals surface area contributed by atoms with Gasteiger partial charge in [0.2, 0.25) is 5.91 Å². The maximum atomic E-state index is 11.4. The molecule has 0 atom stereocenters. The van der Waals surface area contributed by atoms with Crippen LogP contribution in [0.25, 0.3) is 10.6 Å². The van der Waals surface area contributed by atoms with Gasteiger partial charge in [-0.3, -0.25) is 4.79 Å². The van der Waals surface area contributed by atoms with Crippen LogP contribution >= 0.6 is 23.7 Å². The Morgan fingerprint density at radius 2 is 2.00 bits per heavy atom. The van der Waals surface area contributed by atoms with Crippen molar-refractivity contribution >= 4 is 29.7 Å². The van der Waals surface area contributed by atoms with Crippen LogP contribution in [0.1, 0.15) is 12.1 Å². The minimum Gasteiger partial charge on any atom is -0.356 e. The highest BCUT2D eigenvalue weighted by Gasteiger charge is 2.05. The molecule has 0 spiro atoms. The molecule has 0 bridgehead atoms. The lowest BCUT2D eigenvalue weighted by Gasteiger charge is -2.03. The van der Waals surface area contributed by atoms with Crippen molar-refractivity contribution in [3.63, 3.8) is 0 Å². The van der Waals surface area contributed by atoms with E-state index < -0.39 is 0 Å². The molecule has 1 aromatic heterocycles. The SMILES string of the molecule is CNCCC(=O)NCCc1csc(-c2ccccc2)n1.Cl. The fourth-order valence-corrected chi connectivity index (χ4v) is 2.65. The van der Waals surface area contributed by atoms with Crippen LogP contribution < -0.4 is 10.6 Å². The van der Waals surface area contributed by atoms with Crippen LogP contribution in [-0.4, -0.2) is 31.0 Å². The van der Waals surface area contributed by atoms with Crippen molar-refractivity contribution in [2.24, 2.45) is 0 Å². The van der Waals surface area contributed by atoms with Gasteiger partial charge < -0.3 is 10.6 Å². The number of carbonyl (C=O) groups excluding carboxylic acids is 1. The Labute approximate surface area is 135 Å². The predicted molar refractivity (Wildman–Crippen MR) is 90.1 cm³/mol. The maximum Gasteiger partial charge on any atom is 0.221 e. The standard InChI is InChI=1S/C15H19N3OS.ClH/c1-16-9-8-14(19)17-10-7-13-11-20-15(18-13)12-5-3-2-4-6-12;/h2-6,11,16H,7-10H2,1H3,(H,17,19);1H. The normalized spacial score (nSPS) is 9.95. The van der Waals surface area contributed by atoms with Crippen LogP contribution in [0, 0.1) is 0 Å². The van der Waals surface area contributed by atoms with Gasteiger partial charge in [-0.25, -0.2) is 4.98 Å². The third kappa shape index (κ3) is 5.83. The van der Waals surface area contributed by atoms with Crippen molar-refractivity contribution < 1.29 is 4.79 Å². The van der Waals surface area contributed by atoms with Crippen LogP contribution in [0.3, 0.4) is 0 Å². The molecule has 0 fully saturated rings. The minimum atomic E-state index is 0. The smallest absolute Gasteiger partial charge is 0.221 e. The molecule has 0 radical (unpaired) electrons. The van der Waals surface area contributed by atoms with Gasteiger partial charge in [-0.15, -0.1) is 23.7 Å². The quantitative estimate of drug-likeness (QED) is 0.822. The zero-order chi connectivity index (χ0) is 14.2. The van der Waals surface area contributed by atoms with Gasteiger partial charge in [-0.2, -0.15) is 0 Å². The summed E-state index contributed by atoms with van der Waals surface area (Å²) in [7, 11) is 1.84. The highest BCUT2D eigenvalue weighted by molar-refractivity contribution is 7.13. The summed E-state index contributed by atoms with van der Waals surface area (Å²) in [4.78, 5) is 16.0. The Balaban J connectivity index is 0.00000220. The van der Waals surface area contributed by atoms with Crippen molar-refractivity contribution in [2.45, 2.75) is 12.8 Å². The third-order valence-electron chi connectivity index (χ3n) is 2.88. The van der Waals surface area contributed by atoms with E-state index in [9.17, 15) is 4.79 Å². The highest BCUT2D eigenvalue weighted by Crippen LogP contribution is 2.23. The van der Waals surface area contributed by atoms with Gasteiger partial charge in [0.1, 0.15) is 5.01 Å². The third-order valence-corrected chi connectivity index (χ3v) is 3.82. The zero-order valence-electron chi connectivity index (χ0n) is 12.0. The Hall–Kier alpha value is -1.43. The van der Waals surface area contributed by atoms with E-state index in [0.29, 0.717) is 19.5 Å². The molecule has 1 heterocycles. The van der Waals surface area contributed by atoms with Crippen molar-refractivity contribution in [1.29, 1.82) is 0 Å². The Bertz CT molecular complexity index is 545. The molecular weight excluding hydrogens is 306 g/mol. The molecule has 6 heteroatoms. The van der Waals surface area contributed by atoms with Crippen molar-refractivity contribution in [3.05, 3.63) is 41.4 Å². The number of nitrogens with one attached hydrogen (secondary N) is 2. The summed E-state index contributed by atoms with van der Waals surface area (Å²) < 4.78 is 0. The van der Waals surface area contributed by atoms with E-state index in [4.69, 9.17) is 0 Å². The Morgan fingerprint density at radius 1 is 1.24 bits per heavy atom. The maximum absolute atomic E-state index is 11.4. The number of aromatic nitrogens is 1. The minimum absolute atomic E-state index is 0. The fraction of sp³-hybridized carbons (Fsp3) is 0.333. The van der Waals surface area contributed by atoms with Gasteiger partial charge in [0.15, 0.2) is 0 Å². The number of hydrogen-bond donors (Lipinski definition) is 2. The van der Waals surface area contributed by atoms with E-state index in [1.165, 1.54) is 0 Å². The number of halogens is 1. The van der Waals surface area contributed by atoms with E-state index in [-0.39, 0.29) is 18.3 Å². The monoisotopic (exact) mass is 325 g/mol. The molecule has 0 saturated heterocycles. The number of nitrogens with zero attached hydrogens (tertiary/aromatic N) is 1. The topological polar surface area (TPSA) is 54.0 Å². The largest absolute Gasteiger partial charge is 0.356 e. The lowest BCUT2D eigenvalue weighted by Crippen LogP contribution is -2.28. The average molecular weight is 326 g/mol. The molecular formula is C15H20ClN3OS. The molecule has 2 aromatic rings. The van der Waals surface area contributed by atoms with Gasteiger partial charge in [0.05, 0.1) is 5.69 Å². The first-order valence-corrected chi connectivity index (χ1v) is 7.58. The molecule has 1 aromatic carbocycles. The van der Waals surface area contributed by atoms with Gasteiger partial charge in [-0.05, 0) is 7.05 Å². The van der Waals surface area contributed by atoms with Crippen LogP contribution in [-0.2, 0) is 11.2 Å². The molecule has 2 rings (SSSR count). The molecule has 0 unspecified atom stereocenters. The number of benzene rings is 1. The Morgan fingerprint density at radius 3 is 2.71 bits per heavy atom. The number of thiazole rings is 1. The second-order valence-corrected chi connectivity index (χ2v) is 5.32. The molecule has 114 valence electrons. The molecule has 0 aliphatic carbocycles. The number of rotatable bonds is 7. The molecule has 0 aliphatic rings. The molecule has 2 N–H and O–H groups in total. The van der Waals surface area contributed by atoms with Crippen molar-refractivity contribution in [3.8, 4) is 10.6 Å². The predicted octanol–water partition coefficient (Wildman–Crippen LogP) is 2.50. The number of hydrogen-bond acceptors (Lipinski definition) is 4. The van der Waals surface area contributed by atoms with Gasteiger partial charge in [-0.1, -0.05) is 30.3 Å². The van der Waals surface area contributed by atoms with E-state index in [1.807, 2.05) is 25.2 Å². The first kappa shape index (κ1) is 17.6. The summed E-state index contributed by atoms with van der Waals surface area (Å²) in [5, 5.41) is 8.94. The summed E-state index contributed by atoms with van der Waals surface area (Å²) in [6.07, 6.45) is 1.29. The fourth-order valence-electron chi connectivity index (χ4n) is 1.79. The van der Waals surface area contributed by atoms with Crippen molar-refractivity contribution in [1.82, 2.24) is 15.6 Å². The van der Waals surface area contributed by atoms with Gasteiger partial charge in [0.25, 0.3) is 0 Å². The lowest BCUT2D eigenvalue weighted by atomic mass is 10.2. The van der Waals surface area contributed by atoms with Crippen LogP contribution in [0.15, 0.2) is 35.7 Å². The second-order valence-electron chi connectivity index (χ2n) is 4.46. The summed E-state index contributed by atoms with van der Waals surface area (Å²) >= 11 is 1.64. The van der Waals surface area contributed by atoms with Crippen LogP contribution in [0.5, 0.6) is 0 Å². The first-order chi connectivity index (χ1) is 9.79. The van der Waals surface area contributed by atoms with Gasteiger partial charge >= 0.3 is 0 Å². The first-order valence-electron chi connectivity index (χ1n) is 6.70. The summed E-state index contributed by atoms with van der Waals surface area (Å²) in [6.45, 7) is 1.35. The lowest BCUT2D eigenvalue weighted by molar-refractivity contribution is -0.120. The van der Waals surface area contributed by atoms with Crippen molar-refractivity contribution in [2.75, 3.05) is 20.1 Å². The van der Waals surface area contributed by atoms with E-state index >= 15 is 0 Å². The summed E-state index contributed by atoms with van der Waals surface area (Å²) in [5.74, 6) is 0.0814. The second kappa shape index (κ2) is 9.50. The van der Waals surface area contributed by atoms with E-state index in [2.05, 4.69) is 33.1 Å². The van der Waals surface area contributed by atoms with E-state index in [0.717, 1.165) is 22.7 Å².